The molecule has 1 atom stereocenters. The highest BCUT2D eigenvalue weighted by Crippen LogP contribution is 2.30. The second-order valence-corrected chi connectivity index (χ2v) is 3.88. The van der Waals surface area contributed by atoms with Gasteiger partial charge in [0.15, 0.2) is 0 Å². The van der Waals surface area contributed by atoms with Crippen LogP contribution in [-0.4, -0.2) is 10.4 Å². The molecule has 0 aromatic carbocycles. The van der Waals surface area contributed by atoms with E-state index in [9.17, 15) is 4.79 Å². The van der Waals surface area contributed by atoms with Crippen molar-refractivity contribution in [3.8, 4) is 0 Å². The van der Waals surface area contributed by atoms with Gasteiger partial charge in [-0.15, -0.1) is 0 Å². The number of aromatic nitrogens is 1. The summed E-state index contributed by atoms with van der Waals surface area (Å²) in [5, 5.41) is 0. The van der Waals surface area contributed by atoms with Gasteiger partial charge >= 0.3 is 0 Å². The van der Waals surface area contributed by atoms with E-state index in [4.69, 9.17) is 0 Å². The number of aryl methyl sites for hydroxylation is 1. The van der Waals surface area contributed by atoms with Gasteiger partial charge in [0.2, 0.25) is 0 Å². The van der Waals surface area contributed by atoms with Crippen molar-refractivity contribution in [3.63, 3.8) is 0 Å². The molecular formula is C11H15NO. The maximum Gasteiger partial charge on any atom is 0.133 e. The lowest BCUT2D eigenvalue weighted by molar-refractivity contribution is -0.120. The average Bonchev–Trinajstić information content (AvgIpc) is 2.51. The molecule has 1 aliphatic rings. The zero-order chi connectivity index (χ0) is 9.26. The van der Waals surface area contributed by atoms with Gasteiger partial charge in [-0.25, -0.2) is 0 Å². The fourth-order valence-electron chi connectivity index (χ4n) is 2.18. The highest BCUT2D eigenvalue weighted by molar-refractivity contribution is 5.80. The Balaban J connectivity index is 2.17. The highest BCUT2D eigenvalue weighted by atomic mass is 16.1. The van der Waals surface area contributed by atoms with Crippen LogP contribution in [-0.2, 0) is 11.8 Å². The summed E-state index contributed by atoms with van der Waals surface area (Å²) in [5.41, 5.74) is 1.31. The summed E-state index contributed by atoms with van der Waals surface area (Å²) in [6, 6.07) is 4.18. The quantitative estimate of drug-likeness (QED) is 0.645. The molecule has 0 saturated heterocycles. The van der Waals surface area contributed by atoms with Crippen LogP contribution < -0.4 is 0 Å². The summed E-state index contributed by atoms with van der Waals surface area (Å²) in [6.07, 6.45) is 5.82. The minimum Gasteiger partial charge on any atom is -0.354 e. The topological polar surface area (TPSA) is 22.0 Å². The third-order valence-electron chi connectivity index (χ3n) is 2.88. The molecule has 1 aromatic rings. The Bertz CT molecular complexity index is 314. The second kappa shape index (κ2) is 3.36. The molecule has 13 heavy (non-hydrogen) atoms. The Morgan fingerprint density at radius 1 is 1.54 bits per heavy atom. The SMILES string of the molecule is Cn1cccc1[C@H]1CCCC(=O)C1. The molecule has 2 nitrogen and oxygen atoms in total. The van der Waals surface area contributed by atoms with Gasteiger partial charge in [0.1, 0.15) is 5.78 Å². The monoisotopic (exact) mass is 177 g/mol. The molecule has 0 radical (unpaired) electrons. The van der Waals surface area contributed by atoms with Gasteiger partial charge in [0, 0.05) is 37.7 Å². The number of ketones is 1. The Morgan fingerprint density at radius 3 is 3.00 bits per heavy atom. The Hall–Kier alpha value is -1.05. The lowest BCUT2D eigenvalue weighted by atomic mass is 9.86. The molecule has 1 aromatic heterocycles. The van der Waals surface area contributed by atoms with Crippen molar-refractivity contribution < 1.29 is 4.79 Å². The van der Waals surface area contributed by atoms with Crippen molar-refractivity contribution in [2.24, 2.45) is 7.05 Å². The maximum absolute atomic E-state index is 11.3. The molecule has 0 aliphatic heterocycles. The lowest BCUT2D eigenvalue weighted by Gasteiger charge is -2.21. The van der Waals surface area contributed by atoms with Crippen molar-refractivity contribution in [1.29, 1.82) is 0 Å². The van der Waals surface area contributed by atoms with Crippen LogP contribution in [0.3, 0.4) is 0 Å². The van der Waals surface area contributed by atoms with Crippen LogP contribution in [0.5, 0.6) is 0 Å². The molecule has 1 heterocycles. The average molecular weight is 177 g/mol. The van der Waals surface area contributed by atoms with Gasteiger partial charge in [0.05, 0.1) is 0 Å². The van der Waals surface area contributed by atoms with Crippen LogP contribution in [0.15, 0.2) is 18.3 Å². The van der Waals surface area contributed by atoms with Gasteiger partial charge in [-0.1, -0.05) is 0 Å². The van der Waals surface area contributed by atoms with E-state index in [0.717, 1.165) is 19.3 Å². The minimum absolute atomic E-state index is 0.428. The van der Waals surface area contributed by atoms with E-state index in [1.54, 1.807) is 0 Å². The van der Waals surface area contributed by atoms with E-state index >= 15 is 0 Å². The molecule has 1 aliphatic carbocycles. The summed E-state index contributed by atoms with van der Waals surface area (Å²) in [7, 11) is 2.05. The van der Waals surface area contributed by atoms with E-state index in [-0.39, 0.29) is 0 Å². The molecule has 0 amide bonds. The van der Waals surface area contributed by atoms with Crippen LogP contribution in [0.4, 0.5) is 0 Å². The first-order chi connectivity index (χ1) is 6.27. The second-order valence-electron chi connectivity index (χ2n) is 3.88. The van der Waals surface area contributed by atoms with Crippen LogP contribution in [0.2, 0.25) is 0 Å². The van der Waals surface area contributed by atoms with Crippen LogP contribution in [0.25, 0.3) is 0 Å². The lowest BCUT2D eigenvalue weighted by Crippen LogP contribution is -2.15. The summed E-state index contributed by atoms with van der Waals surface area (Å²) in [6.45, 7) is 0. The molecule has 0 unspecified atom stereocenters. The Labute approximate surface area is 78.6 Å². The molecule has 1 saturated carbocycles. The maximum atomic E-state index is 11.3. The zero-order valence-electron chi connectivity index (χ0n) is 7.99. The van der Waals surface area contributed by atoms with Gasteiger partial charge in [-0.2, -0.15) is 0 Å². The number of Topliss-reactive ketones (excluding diaryl/α,β-unsaturated/α-hetero) is 1. The standard InChI is InChI=1S/C11H15NO/c1-12-7-3-6-11(12)9-4-2-5-10(13)8-9/h3,6-7,9H,2,4-5,8H2,1H3/t9-/m0/s1. The van der Waals surface area contributed by atoms with Crippen LogP contribution in [0, 0.1) is 0 Å². The summed E-state index contributed by atoms with van der Waals surface area (Å²) >= 11 is 0. The predicted molar refractivity (Wildman–Crippen MR) is 51.6 cm³/mol. The van der Waals surface area contributed by atoms with Crippen molar-refractivity contribution >= 4 is 5.78 Å². The third-order valence-corrected chi connectivity index (χ3v) is 2.88. The fourth-order valence-corrected chi connectivity index (χ4v) is 2.18. The largest absolute Gasteiger partial charge is 0.354 e. The van der Waals surface area contributed by atoms with Crippen molar-refractivity contribution in [2.75, 3.05) is 0 Å². The van der Waals surface area contributed by atoms with E-state index in [2.05, 4.69) is 29.9 Å². The molecule has 0 bridgehead atoms. The van der Waals surface area contributed by atoms with Crippen molar-refractivity contribution in [2.45, 2.75) is 31.6 Å². The zero-order valence-corrected chi connectivity index (χ0v) is 7.99. The minimum atomic E-state index is 0.428. The molecule has 2 heteroatoms. The number of nitrogens with zero attached hydrogens (tertiary/aromatic N) is 1. The van der Waals surface area contributed by atoms with Crippen molar-refractivity contribution in [3.05, 3.63) is 24.0 Å². The summed E-state index contributed by atoms with van der Waals surface area (Å²) in [4.78, 5) is 11.3. The van der Waals surface area contributed by atoms with Crippen LogP contribution in [0.1, 0.15) is 37.3 Å². The molecule has 2 rings (SSSR count). The molecular weight excluding hydrogens is 162 g/mol. The fraction of sp³-hybridized carbons (Fsp3) is 0.545. The van der Waals surface area contributed by atoms with Crippen LogP contribution >= 0.6 is 0 Å². The number of carbonyl (C=O) groups is 1. The Morgan fingerprint density at radius 2 is 2.38 bits per heavy atom. The van der Waals surface area contributed by atoms with Gasteiger partial charge in [-0.3, -0.25) is 4.79 Å². The smallest absolute Gasteiger partial charge is 0.133 e. The third kappa shape index (κ3) is 1.67. The summed E-state index contributed by atoms with van der Waals surface area (Å²) in [5.74, 6) is 0.902. The van der Waals surface area contributed by atoms with E-state index in [1.165, 1.54) is 12.1 Å². The van der Waals surface area contributed by atoms with E-state index in [0.29, 0.717) is 11.7 Å². The number of hydrogen-bond acceptors (Lipinski definition) is 1. The first-order valence-corrected chi connectivity index (χ1v) is 4.90. The van der Waals surface area contributed by atoms with E-state index < -0.39 is 0 Å². The summed E-state index contributed by atoms with van der Waals surface area (Å²) < 4.78 is 2.13. The number of hydrogen-bond donors (Lipinski definition) is 0. The molecule has 0 N–H and O–H groups in total. The highest BCUT2D eigenvalue weighted by Gasteiger charge is 2.22. The predicted octanol–water partition coefficient (Wildman–Crippen LogP) is 2.25. The first-order valence-electron chi connectivity index (χ1n) is 4.90. The number of rotatable bonds is 1. The normalized spacial score (nSPS) is 23.5. The molecule has 70 valence electrons. The van der Waals surface area contributed by atoms with Gasteiger partial charge in [0.25, 0.3) is 0 Å². The molecule has 0 spiro atoms. The van der Waals surface area contributed by atoms with Crippen molar-refractivity contribution in [1.82, 2.24) is 4.57 Å². The van der Waals surface area contributed by atoms with Gasteiger partial charge in [-0.05, 0) is 25.0 Å². The first kappa shape index (κ1) is 8.54. The van der Waals surface area contributed by atoms with E-state index in [1.807, 2.05) is 0 Å². The Kier molecular flexibility index (Phi) is 2.21. The molecule has 1 fully saturated rings. The van der Waals surface area contributed by atoms with Gasteiger partial charge < -0.3 is 4.57 Å². The number of carbonyl (C=O) groups excluding carboxylic acids is 1.